The van der Waals surface area contributed by atoms with E-state index >= 15 is 0 Å². The van der Waals surface area contributed by atoms with E-state index in [9.17, 15) is 0 Å². The molecular weight excluding hydrogens is 336 g/mol. The Morgan fingerprint density at radius 2 is 1.68 bits per heavy atom. The Morgan fingerprint density at radius 1 is 0.960 bits per heavy atom. The molecule has 0 unspecified atom stereocenters. The van der Waals surface area contributed by atoms with Crippen molar-refractivity contribution in [1.29, 1.82) is 0 Å². The third kappa shape index (κ3) is 4.54. The van der Waals surface area contributed by atoms with E-state index in [4.69, 9.17) is 26.4 Å². The fourth-order valence-corrected chi connectivity index (χ4v) is 2.78. The minimum absolute atomic E-state index is 0.500. The molecule has 25 heavy (non-hydrogen) atoms. The molecule has 0 aliphatic carbocycles. The van der Waals surface area contributed by atoms with Crippen LogP contribution >= 0.6 is 12.2 Å². The first-order chi connectivity index (χ1) is 12.0. The van der Waals surface area contributed by atoms with Gasteiger partial charge in [-0.25, -0.2) is 0 Å². The molecule has 0 fully saturated rings. The van der Waals surface area contributed by atoms with Crippen LogP contribution in [0.4, 0.5) is 5.69 Å². The van der Waals surface area contributed by atoms with Gasteiger partial charge in [0.05, 0.1) is 21.3 Å². The van der Waals surface area contributed by atoms with Crippen LogP contribution in [0.2, 0.25) is 0 Å². The molecule has 0 atom stereocenters. The van der Waals surface area contributed by atoms with E-state index in [0.717, 1.165) is 16.8 Å². The fourth-order valence-electron chi connectivity index (χ4n) is 2.60. The molecule has 0 spiro atoms. The molecule has 0 aliphatic rings. The molecule has 0 saturated heterocycles. The van der Waals surface area contributed by atoms with Gasteiger partial charge in [-0.3, -0.25) is 0 Å². The Hall–Kier alpha value is -2.47. The lowest BCUT2D eigenvalue weighted by atomic mass is 10.1. The van der Waals surface area contributed by atoms with Gasteiger partial charge in [0.15, 0.2) is 16.6 Å². The smallest absolute Gasteiger partial charge is 0.203 e. The summed E-state index contributed by atoms with van der Waals surface area (Å²) in [6.07, 6.45) is 0. The van der Waals surface area contributed by atoms with Crippen LogP contribution in [-0.4, -0.2) is 26.4 Å². The molecule has 134 valence electrons. The predicted octanol–water partition coefficient (Wildman–Crippen LogP) is 3.82. The molecule has 2 rings (SSSR count). The largest absolute Gasteiger partial charge is 0.493 e. The molecule has 0 bridgehead atoms. The minimum atomic E-state index is 0.500. The molecule has 2 aromatic carbocycles. The lowest BCUT2D eigenvalue weighted by Crippen LogP contribution is -2.28. The van der Waals surface area contributed by atoms with Crippen LogP contribution in [0.5, 0.6) is 17.2 Å². The highest BCUT2D eigenvalue weighted by molar-refractivity contribution is 7.80. The molecule has 6 heteroatoms. The zero-order valence-corrected chi connectivity index (χ0v) is 16.0. The standard InChI is InChI=1S/C19H24N2O3S/c1-12-6-8-15(13(2)10-12)21-19(25)20-11-14-7-9-16(22-3)18(24-5)17(14)23-4/h6-10H,11H2,1-5H3,(H2,20,21,25). The molecule has 2 aromatic rings. The molecule has 0 radical (unpaired) electrons. The van der Waals surface area contributed by atoms with Gasteiger partial charge in [0, 0.05) is 17.8 Å². The van der Waals surface area contributed by atoms with E-state index in [0.29, 0.717) is 28.9 Å². The normalized spacial score (nSPS) is 10.1. The van der Waals surface area contributed by atoms with Crippen molar-refractivity contribution in [2.24, 2.45) is 0 Å². The first-order valence-electron chi connectivity index (χ1n) is 7.90. The molecule has 2 N–H and O–H groups in total. The molecule has 0 amide bonds. The second-order valence-electron chi connectivity index (χ2n) is 5.62. The Bertz CT molecular complexity index is 763. The van der Waals surface area contributed by atoms with Gasteiger partial charge >= 0.3 is 0 Å². The number of nitrogens with one attached hydrogen (secondary N) is 2. The van der Waals surface area contributed by atoms with E-state index < -0.39 is 0 Å². The van der Waals surface area contributed by atoms with Crippen LogP contribution < -0.4 is 24.8 Å². The van der Waals surface area contributed by atoms with Crippen LogP contribution in [0, 0.1) is 13.8 Å². The molecule has 0 heterocycles. The number of anilines is 1. The highest BCUT2D eigenvalue weighted by Gasteiger charge is 2.15. The summed E-state index contributed by atoms with van der Waals surface area (Å²) in [6.45, 7) is 4.62. The summed E-state index contributed by atoms with van der Waals surface area (Å²) >= 11 is 5.40. The van der Waals surface area contributed by atoms with Crippen molar-refractivity contribution in [3.05, 3.63) is 47.0 Å². The Labute approximate surface area is 154 Å². The summed E-state index contributed by atoms with van der Waals surface area (Å²) in [4.78, 5) is 0. The lowest BCUT2D eigenvalue weighted by Gasteiger charge is -2.17. The molecule has 0 saturated carbocycles. The van der Waals surface area contributed by atoms with Gasteiger partial charge in [0.25, 0.3) is 0 Å². The molecule has 0 aromatic heterocycles. The number of hydrogen-bond donors (Lipinski definition) is 2. The number of rotatable bonds is 6. The van der Waals surface area contributed by atoms with Crippen molar-refractivity contribution in [2.45, 2.75) is 20.4 Å². The summed E-state index contributed by atoms with van der Waals surface area (Å²) in [5, 5.41) is 6.96. The zero-order valence-electron chi connectivity index (χ0n) is 15.2. The highest BCUT2D eigenvalue weighted by Crippen LogP contribution is 2.39. The molecule has 5 nitrogen and oxygen atoms in total. The predicted molar refractivity (Wildman–Crippen MR) is 105 cm³/mol. The van der Waals surface area contributed by atoms with Gasteiger partial charge in [0.2, 0.25) is 5.75 Å². The van der Waals surface area contributed by atoms with Gasteiger partial charge in [-0.05, 0) is 49.8 Å². The maximum Gasteiger partial charge on any atom is 0.203 e. The van der Waals surface area contributed by atoms with Crippen LogP contribution in [0.3, 0.4) is 0 Å². The summed E-state index contributed by atoms with van der Waals surface area (Å²) in [6, 6.07) is 9.96. The summed E-state index contributed by atoms with van der Waals surface area (Å²) < 4.78 is 16.2. The SMILES string of the molecule is COc1ccc(CNC(=S)Nc2ccc(C)cc2C)c(OC)c1OC. The van der Waals surface area contributed by atoms with Gasteiger partial charge in [-0.15, -0.1) is 0 Å². The van der Waals surface area contributed by atoms with Gasteiger partial charge in [-0.2, -0.15) is 0 Å². The summed E-state index contributed by atoms with van der Waals surface area (Å²) in [5.74, 6) is 1.82. The number of hydrogen-bond acceptors (Lipinski definition) is 4. The lowest BCUT2D eigenvalue weighted by molar-refractivity contribution is 0.322. The average molecular weight is 360 g/mol. The third-order valence-electron chi connectivity index (χ3n) is 3.86. The van der Waals surface area contributed by atoms with Crippen molar-refractivity contribution < 1.29 is 14.2 Å². The summed E-state index contributed by atoms with van der Waals surface area (Å²) in [7, 11) is 4.79. The van der Waals surface area contributed by atoms with Crippen LogP contribution in [0.15, 0.2) is 30.3 Å². The quantitative estimate of drug-likeness (QED) is 0.764. The van der Waals surface area contributed by atoms with Crippen LogP contribution in [0.25, 0.3) is 0 Å². The second kappa shape index (κ2) is 8.58. The number of benzene rings is 2. The van der Waals surface area contributed by atoms with Crippen molar-refractivity contribution in [1.82, 2.24) is 5.32 Å². The first kappa shape index (κ1) is 18.9. The van der Waals surface area contributed by atoms with Crippen molar-refractivity contribution in [3.63, 3.8) is 0 Å². The van der Waals surface area contributed by atoms with Gasteiger partial charge in [0.1, 0.15) is 0 Å². The van der Waals surface area contributed by atoms with E-state index in [1.54, 1.807) is 21.3 Å². The van der Waals surface area contributed by atoms with Gasteiger partial charge < -0.3 is 24.8 Å². The summed E-state index contributed by atoms with van der Waals surface area (Å²) in [5.41, 5.74) is 4.28. The average Bonchev–Trinajstić information content (AvgIpc) is 2.61. The number of methoxy groups -OCH3 is 3. The molecule has 0 aliphatic heterocycles. The van der Waals surface area contributed by atoms with Crippen molar-refractivity contribution in [3.8, 4) is 17.2 Å². The number of ether oxygens (including phenoxy) is 3. The topological polar surface area (TPSA) is 51.8 Å². The van der Waals surface area contributed by atoms with Crippen molar-refractivity contribution in [2.75, 3.05) is 26.6 Å². The zero-order chi connectivity index (χ0) is 18.4. The third-order valence-corrected chi connectivity index (χ3v) is 4.10. The van der Waals surface area contributed by atoms with Crippen LogP contribution in [0.1, 0.15) is 16.7 Å². The number of thiocarbonyl (C=S) groups is 1. The van der Waals surface area contributed by atoms with E-state index in [-0.39, 0.29) is 0 Å². The monoisotopic (exact) mass is 360 g/mol. The Kier molecular flexibility index (Phi) is 6.47. The van der Waals surface area contributed by atoms with Gasteiger partial charge in [-0.1, -0.05) is 17.7 Å². The number of aryl methyl sites for hydroxylation is 2. The fraction of sp³-hybridized carbons (Fsp3) is 0.316. The molecular formula is C19H24N2O3S. The highest BCUT2D eigenvalue weighted by atomic mass is 32.1. The minimum Gasteiger partial charge on any atom is -0.493 e. The second-order valence-corrected chi connectivity index (χ2v) is 6.03. The van der Waals surface area contributed by atoms with Crippen LogP contribution in [-0.2, 0) is 6.54 Å². The maximum absolute atomic E-state index is 5.48. The van der Waals surface area contributed by atoms with E-state index in [2.05, 4.69) is 36.6 Å². The maximum atomic E-state index is 5.48. The Balaban J connectivity index is 2.09. The van der Waals surface area contributed by atoms with Crippen molar-refractivity contribution >= 4 is 23.0 Å². The first-order valence-corrected chi connectivity index (χ1v) is 8.31. The van der Waals surface area contributed by atoms with E-state index in [1.807, 2.05) is 18.2 Å². The Morgan fingerprint density at radius 3 is 2.28 bits per heavy atom. The van der Waals surface area contributed by atoms with E-state index in [1.165, 1.54) is 5.56 Å².